The molecule has 0 spiro atoms. The van der Waals surface area contributed by atoms with Gasteiger partial charge in [-0.2, -0.15) is 0 Å². The Hall–Kier alpha value is -0.380. The third-order valence-electron chi connectivity index (χ3n) is 1.61. The number of aliphatic hydroxyl groups excluding tert-OH is 4. The summed E-state index contributed by atoms with van der Waals surface area (Å²) in [6.07, 6.45) is -5.81. The molecule has 6 N–H and O–H groups in total. The van der Waals surface area contributed by atoms with Crippen molar-refractivity contribution in [2.24, 2.45) is 0 Å². The molecule has 0 saturated heterocycles. The van der Waals surface area contributed by atoms with E-state index in [1.54, 1.807) is 0 Å². The van der Waals surface area contributed by atoms with Crippen molar-refractivity contribution < 1.29 is 44.1 Å². The van der Waals surface area contributed by atoms with Gasteiger partial charge in [0.2, 0.25) is 0 Å². The zero-order valence-electron chi connectivity index (χ0n) is 8.00. The summed E-state index contributed by atoms with van der Waals surface area (Å²) >= 11 is 0. The molecule has 0 amide bonds. The summed E-state index contributed by atoms with van der Waals surface area (Å²) in [5, 5.41) is 35.4. The van der Waals surface area contributed by atoms with Gasteiger partial charge in [0.05, 0.1) is 6.61 Å². The lowest BCUT2D eigenvalue weighted by molar-refractivity contribution is -0.142. The number of phosphoric ester groups is 1. The standard InChI is InChI=1S/C6H13O9P/c7-1-3(8)5(10)6(11)4(9)2-15-16(12,13)14/h3,5-8,10-11H,1-2H2,(H2,12,13,14)/t3-,5-,6?/m1/s1. The summed E-state index contributed by atoms with van der Waals surface area (Å²) in [5.41, 5.74) is 0. The van der Waals surface area contributed by atoms with Crippen molar-refractivity contribution in [3.05, 3.63) is 0 Å². The van der Waals surface area contributed by atoms with Crippen LogP contribution in [0.2, 0.25) is 0 Å². The first-order valence-electron chi connectivity index (χ1n) is 4.07. The van der Waals surface area contributed by atoms with E-state index in [1.807, 2.05) is 0 Å². The van der Waals surface area contributed by atoms with Gasteiger partial charge >= 0.3 is 7.82 Å². The van der Waals surface area contributed by atoms with Crippen molar-refractivity contribution in [1.82, 2.24) is 0 Å². The van der Waals surface area contributed by atoms with Crippen molar-refractivity contribution in [2.45, 2.75) is 18.3 Å². The fourth-order valence-electron chi connectivity index (χ4n) is 0.742. The van der Waals surface area contributed by atoms with E-state index in [0.717, 1.165) is 0 Å². The molecule has 0 fully saturated rings. The van der Waals surface area contributed by atoms with Gasteiger partial charge in [0.25, 0.3) is 0 Å². The normalized spacial score (nSPS) is 17.9. The molecule has 0 aromatic rings. The number of hydrogen-bond acceptors (Lipinski definition) is 7. The van der Waals surface area contributed by atoms with Crippen LogP contribution in [0.1, 0.15) is 0 Å². The molecule has 16 heavy (non-hydrogen) atoms. The molecular weight excluding hydrogens is 247 g/mol. The van der Waals surface area contributed by atoms with Gasteiger partial charge in [-0.1, -0.05) is 0 Å². The van der Waals surface area contributed by atoms with Crippen molar-refractivity contribution >= 4 is 13.6 Å². The number of carbonyl (C=O) groups is 1. The van der Waals surface area contributed by atoms with Crippen molar-refractivity contribution in [3.63, 3.8) is 0 Å². The van der Waals surface area contributed by atoms with E-state index in [-0.39, 0.29) is 0 Å². The molecule has 0 rings (SSSR count). The van der Waals surface area contributed by atoms with Crippen molar-refractivity contribution in [2.75, 3.05) is 13.2 Å². The van der Waals surface area contributed by atoms with Gasteiger partial charge in [-0.25, -0.2) is 4.57 Å². The lowest BCUT2D eigenvalue weighted by atomic mass is 10.1. The maximum Gasteiger partial charge on any atom is 0.470 e. The second kappa shape index (κ2) is 6.38. The molecule has 0 bridgehead atoms. The van der Waals surface area contributed by atoms with Crippen LogP contribution in [0.3, 0.4) is 0 Å². The van der Waals surface area contributed by atoms with Crippen LogP contribution in [-0.2, 0) is 13.9 Å². The lowest BCUT2D eigenvalue weighted by Gasteiger charge is -2.20. The number of phosphoric acid groups is 1. The monoisotopic (exact) mass is 260 g/mol. The molecule has 9 nitrogen and oxygen atoms in total. The number of aliphatic hydroxyl groups is 4. The predicted molar refractivity (Wildman–Crippen MR) is 48.1 cm³/mol. The van der Waals surface area contributed by atoms with Crippen LogP contribution in [0, 0.1) is 0 Å². The molecule has 10 heteroatoms. The summed E-state index contributed by atoms with van der Waals surface area (Å²) in [6.45, 7) is -2.01. The summed E-state index contributed by atoms with van der Waals surface area (Å²) in [7, 11) is -4.85. The SMILES string of the molecule is O=C(COP(=O)(O)O)C(O)[C@H](O)[C@H](O)CO. The Morgan fingerprint density at radius 1 is 1.25 bits per heavy atom. The number of Topliss-reactive ketones (excluding diaryl/α,β-unsaturated/α-hetero) is 1. The van der Waals surface area contributed by atoms with Gasteiger partial charge in [-0.15, -0.1) is 0 Å². The maximum absolute atomic E-state index is 11.0. The molecule has 96 valence electrons. The average Bonchev–Trinajstić information content (AvgIpc) is 2.21. The van der Waals surface area contributed by atoms with Crippen LogP contribution in [0.25, 0.3) is 0 Å². The number of hydrogen-bond donors (Lipinski definition) is 6. The van der Waals surface area contributed by atoms with E-state index in [9.17, 15) is 9.36 Å². The zero-order valence-corrected chi connectivity index (χ0v) is 8.90. The fraction of sp³-hybridized carbons (Fsp3) is 0.833. The van der Waals surface area contributed by atoms with Crippen LogP contribution < -0.4 is 0 Å². The second-order valence-corrected chi connectivity index (χ2v) is 4.16. The maximum atomic E-state index is 11.0. The summed E-state index contributed by atoms with van der Waals surface area (Å²) in [4.78, 5) is 27.5. The third-order valence-corrected chi connectivity index (χ3v) is 2.08. The highest BCUT2D eigenvalue weighted by Gasteiger charge is 2.31. The predicted octanol–water partition coefficient (Wildman–Crippen LogP) is -3.26. The van der Waals surface area contributed by atoms with Gasteiger partial charge in [0.15, 0.2) is 5.78 Å². The Morgan fingerprint density at radius 2 is 1.75 bits per heavy atom. The Bertz CT molecular complexity index is 273. The van der Waals surface area contributed by atoms with Gasteiger partial charge in [-0.05, 0) is 0 Å². The highest BCUT2D eigenvalue weighted by Crippen LogP contribution is 2.35. The van der Waals surface area contributed by atoms with Crippen LogP contribution >= 0.6 is 7.82 Å². The van der Waals surface area contributed by atoms with Crippen LogP contribution in [0.5, 0.6) is 0 Å². The van der Waals surface area contributed by atoms with E-state index < -0.39 is 45.1 Å². The van der Waals surface area contributed by atoms with Crippen LogP contribution in [0.15, 0.2) is 0 Å². The minimum atomic E-state index is -4.85. The second-order valence-electron chi connectivity index (χ2n) is 2.92. The van der Waals surface area contributed by atoms with Gasteiger partial charge in [0, 0.05) is 0 Å². The minimum Gasteiger partial charge on any atom is -0.394 e. The largest absolute Gasteiger partial charge is 0.470 e. The molecule has 1 unspecified atom stereocenters. The first-order chi connectivity index (χ1) is 7.19. The third kappa shape index (κ3) is 5.64. The van der Waals surface area contributed by atoms with E-state index in [4.69, 9.17) is 30.2 Å². The Kier molecular flexibility index (Phi) is 6.23. The molecular formula is C6H13O9P. The van der Waals surface area contributed by atoms with Crippen LogP contribution in [0.4, 0.5) is 0 Å². The Morgan fingerprint density at radius 3 is 2.12 bits per heavy atom. The highest BCUT2D eigenvalue weighted by atomic mass is 31.2. The molecule has 0 radical (unpaired) electrons. The summed E-state index contributed by atoms with van der Waals surface area (Å²) in [5.74, 6) is -1.23. The molecule has 0 aromatic carbocycles. The highest BCUT2D eigenvalue weighted by molar-refractivity contribution is 7.46. The van der Waals surface area contributed by atoms with Crippen molar-refractivity contribution in [3.8, 4) is 0 Å². The number of carbonyl (C=O) groups excluding carboxylic acids is 1. The molecule has 0 saturated carbocycles. The fourth-order valence-corrected chi connectivity index (χ4v) is 1.04. The lowest BCUT2D eigenvalue weighted by Crippen LogP contribution is -2.45. The zero-order chi connectivity index (χ0) is 12.9. The topological polar surface area (TPSA) is 165 Å². The number of rotatable bonds is 7. The molecule has 0 aliphatic carbocycles. The Balaban J connectivity index is 4.23. The number of ketones is 1. The summed E-state index contributed by atoms with van der Waals surface area (Å²) < 4.78 is 14.0. The van der Waals surface area contributed by atoms with Gasteiger partial charge < -0.3 is 30.2 Å². The van der Waals surface area contributed by atoms with E-state index in [2.05, 4.69) is 4.52 Å². The molecule has 0 heterocycles. The minimum absolute atomic E-state index is 0.884. The van der Waals surface area contributed by atoms with E-state index >= 15 is 0 Å². The van der Waals surface area contributed by atoms with Gasteiger partial charge in [-0.3, -0.25) is 9.32 Å². The average molecular weight is 260 g/mol. The van der Waals surface area contributed by atoms with E-state index in [0.29, 0.717) is 0 Å². The Labute approximate surface area is 90.2 Å². The van der Waals surface area contributed by atoms with E-state index in [1.165, 1.54) is 0 Å². The van der Waals surface area contributed by atoms with Crippen LogP contribution in [-0.4, -0.2) is 67.5 Å². The first kappa shape index (κ1) is 15.6. The molecule has 0 aromatic heterocycles. The summed E-state index contributed by atoms with van der Waals surface area (Å²) in [6, 6.07) is 0. The molecule has 3 atom stereocenters. The van der Waals surface area contributed by atoms with Crippen molar-refractivity contribution in [1.29, 1.82) is 0 Å². The van der Waals surface area contributed by atoms with Gasteiger partial charge in [0.1, 0.15) is 24.9 Å². The first-order valence-corrected chi connectivity index (χ1v) is 5.60. The molecule has 0 aliphatic rings. The quantitative estimate of drug-likeness (QED) is 0.258. The molecule has 0 aliphatic heterocycles. The smallest absolute Gasteiger partial charge is 0.394 e.